The second kappa shape index (κ2) is 5.27. The number of nitrogens with one attached hydrogen (secondary N) is 1. The Labute approximate surface area is 107 Å². The Bertz CT molecular complexity index is 239. The standard InChI is InChI=1S/C15H30N2/c1-12-11-16-10-7-14(12)17(4)13-5-8-15(2,3)9-6-13/h12-14,16H,5-11H2,1-4H3. The first-order valence-electron chi connectivity index (χ1n) is 7.42. The van der Waals surface area contributed by atoms with Crippen molar-refractivity contribution >= 4 is 0 Å². The highest BCUT2D eigenvalue weighted by Gasteiger charge is 2.33. The molecule has 0 bridgehead atoms. The molecule has 1 aliphatic heterocycles. The van der Waals surface area contributed by atoms with E-state index in [0.29, 0.717) is 5.41 Å². The van der Waals surface area contributed by atoms with Gasteiger partial charge >= 0.3 is 0 Å². The van der Waals surface area contributed by atoms with Crippen LogP contribution in [-0.4, -0.2) is 37.1 Å². The summed E-state index contributed by atoms with van der Waals surface area (Å²) in [4.78, 5) is 2.71. The Balaban J connectivity index is 1.89. The molecular weight excluding hydrogens is 208 g/mol. The van der Waals surface area contributed by atoms with Crippen molar-refractivity contribution in [1.29, 1.82) is 0 Å². The van der Waals surface area contributed by atoms with Crippen molar-refractivity contribution in [3.8, 4) is 0 Å². The van der Waals surface area contributed by atoms with Gasteiger partial charge in [0, 0.05) is 12.1 Å². The summed E-state index contributed by atoms with van der Waals surface area (Å²) in [6.45, 7) is 9.66. The fourth-order valence-corrected chi connectivity index (χ4v) is 3.67. The van der Waals surface area contributed by atoms with Gasteiger partial charge in [-0.3, -0.25) is 0 Å². The van der Waals surface area contributed by atoms with E-state index in [9.17, 15) is 0 Å². The SMILES string of the molecule is CC1CNCCC1N(C)C1CCC(C)(C)CC1. The molecule has 2 unspecified atom stereocenters. The Morgan fingerprint density at radius 2 is 1.76 bits per heavy atom. The van der Waals surface area contributed by atoms with E-state index in [1.54, 1.807) is 0 Å². The minimum atomic E-state index is 0.594. The molecule has 2 nitrogen and oxygen atoms in total. The lowest BCUT2D eigenvalue weighted by Gasteiger charge is -2.45. The summed E-state index contributed by atoms with van der Waals surface area (Å²) in [7, 11) is 2.37. The minimum absolute atomic E-state index is 0.594. The molecule has 0 aromatic carbocycles. The van der Waals surface area contributed by atoms with Gasteiger partial charge in [-0.15, -0.1) is 0 Å². The number of hydrogen-bond donors (Lipinski definition) is 1. The van der Waals surface area contributed by atoms with E-state index >= 15 is 0 Å². The van der Waals surface area contributed by atoms with Crippen molar-refractivity contribution < 1.29 is 0 Å². The van der Waals surface area contributed by atoms with Crippen LogP contribution in [0, 0.1) is 11.3 Å². The van der Waals surface area contributed by atoms with Crippen LogP contribution in [0.15, 0.2) is 0 Å². The second-order valence-corrected chi connectivity index (χ2v) is 7.10. The molecule has 0 radical (unpaired) electrons. The molecule has 0 aromatic rings. The van der Waals surface area contributed by atoms with Gasteiger partial charge in [0.2, 0.25) is 0 Å². The van der Waals surface area contributed by atoms with Gasteiger partial charge < -0.3 is 10.2 Å². The number of hydrogen-bond acceptors (Lipinski definition) is 2. The maximum atomic E-state index is 3.51. The minimum Gasteiger partial charge on any atom is -0.316 e. The lowest BCUT2D eigenvalue weighted by Crippen LogP contribution is -2.51. The van der Waals surface area contributed by atoms with E-state index in [4.69, 9.17) is 0 Å². The lowest BCUT2D eigenvalue weighted by atomic mass is 9.75. The molecule has 0 aromatic heterocycles. The van der Waals surface area contributed by atoms with Crippen molar-refractivity contribution in [2.45, 2.75) is 65.0 Å². The molecule has 1 N–H and O–H groups in total. The van der Waals surface area contributed by atoms with Crippen LogP contribution in [0.1, 0.15) is 52.9 Å². The van der Waals surface area contributed by atoms with Gasteiger partial charge in [0.05, 0.1) is 0 Å². The Morgan fingerprint density at radius 3 is 2.35 bits per heavy atom. The molecule has 0 spiro atoms. The third kappa shape index (κ3) is 3.23. The Hall–Kier alpha value is -0.0800. The van der Waals surface area contributed by atoms with Crippen LogP contribution < -0.4 is 5.32 Å². The molecule has 2 aliphatic rings. The summed E-state index contributed by atoms with van der Waals surface area (Å²) in [6.07, 6.45) is 6.95. The molecule has 1 saturated heterocycles. The van der Waals surface area contributed by atoms with Gasteiger partial charge in [-0.05, 0) is 63.6 Å². The van der Waals surface area contributed by atoms with E-state index in [1.807, 2.05) is 0 Å². The highest BCUT2D eigenvalue weighted by Crippen LogP contribution is 2.37. The maximum Gasteiger partial charge on any atom is 0.0145 e. The molecule has 2 heteroatoms. The number of rotatable bonds is 2. The van der Waals surface area contributed by atoms with Crippen molar-refractivity contribution in [2.75, 3.05) is 20.1 Å². The molecule has 2 fully saturated rings. The van der Waals surface area contributed by atoms with Gasteiger partial charge in [0.1, 0.15) is 0 Å². The topological polar surface area (TPSA) is 15.3 Å². The van der Waals surface area contributed by atoms with E-state index in [1.165, 1.54) is 45.2 Å². The number of nitrogens with zero attached hydrogens (tertiary/aromatic N) is 1. The number of piperidine rings is 1. The Morgan fingerprint density at radius 1 is 1.12 bits per heavy atom. The van der Waals surface area contributed by atoms with Crippen molar-refractivity contribution in [3.05, 3.63) is 0 Å². The fourth-order valence-electron chi connectivity index (χ4n) is 3.67. The zero-order valence-corrected chi connectivity index (χ0v) is 12.1. The third-order valence-corrected chi connectivity index (χ3v) is 5.15. The van der Waals surface area contributed by atoms with Crippen LogP contribution in [-0.2, 0) is 0 Å². The summed E-state index contributed by atoms with van der Waals surface area (Å²) in [5.74, 6) is 0.809. The molecule has 2 atom stereocenters. The predicted octanol–water partition coefficient (Wildman–Crippen LogP) is 2.89. The normalized spacial score (nSPS) is 35.1. The summed E-state index contributed by atoms with van der Waals surface area (Å²) >= 11 is 0. The van der Waals surface area contributed by atoms with Crippen LogP contribution in [0.2, 0.25) is 0 Å². The van der Waals surface area contributed by atoms with Gasteiger partial charge in [0.15, 0.2) is 0 Å². The third-order valence-electron chi connectivity index (χ3n) is 5.15. The van der Waals surface area contributed by atoms with Gasteiger partial charge in [-0.1, -0.05) is 20.8 Å². The van der Waals surface area contributed by atoms with E-state index in [0.717, 1.165) is 18.0 Å². The first-order chi connectivity index (χ1) is 7.99. The molecule has 0 amide bonds. The van der Waals surface area contributed by atoms with Gasteiger partial charge in [-0.2, -0.15) is 0 Å². The quantitative estimate of drug-likeness (QED) is 0.796. The zero-order chi connectivity index (χ0) is 12.5. The summed E-state index contributed by atoms with van der Waals surface area (Å²) in [5, 5.41) is 3.51. The van der Waals surface area contributed by atoms with Crippen molar-refractivity contribution in [2.24, 2.45) is 11.3 Å². The van der Waals surface area contributed by atoms with E-state index in [2.05, 4.69) is 38.0 Å². The maximum absolute atomic E-state index is 3.51. The summed E-state index contributed by atoms with van der Waals surface area (Å²) in [6, 6.07) is 1.65. The molecule has 1 aliphatic carbocycles. The zero-order valence-electron chi connectivity index (χ0n) is 12.1. The van der Waals surface area contributed by atoms with E-state index < -0.39 is 0 Å². The molecule has 100 valence electrons. The Kier molecular flexibility index (Phi) is 4.14. The van der Waals surface area contributed by atoms with Gasteiger partial charge in [0.25, 0.3) is 0 Å². The van der Waals surface area contributed by atoms with Gasteiger partial charge in [-0.25, -0.2) is 0 Å². The summed E-state index contributed by atoms with van der Waals surface area (Å²) < 4.78 is 0. The van der Waals surface area contributed by atoms with Crippen LogP contribution in [0.3, 0.4) is 0 Å². The smallest absolute Gasteiger partial charge is 0.0145 e. The fraction of sp³-hybridized carbons (Fsp3) is 1.00. The van der Waals surface area contributed by atoms with Crippen molar-refractivity contribution in [1.82, 2.24) is 10.2 Å². The lowest BCUT2D eigenvalue weighted by molar-refractivity contribution is 0.0590. The highest BCUT2D eigenvalue weighted by atomic mass is 15.2. The van der Waals surface area contributed by atoms with Crippen LogP contribution >= 0.6 is 0 Å². The first kappa shape index (κ1) is 13.4. The van der Waals surface area contributed by atoms with E-state index in [-0.39, 0.29) is 0 Å². The molecule has 17 heavy (non-hydrogen) atoms. The predicted molar refractivity (Wildman–Crippen MR) is 74.2 cm³/mol. The summed E-state index contributed by atoms with van der Waals surface area (Å²) in [5.41, 5.74) is 0.594. The molecule has 1 saturated carbocycles. The highest BCUT2D eigenvalue weighted by molar-refractivity contribution is 4.89. The average Bonchev–Trinajstić information content (AvgIpc) is 2.29. The second-order valence-electron chi connectivity index (χ2n) is 7.10. The van der Waals surface area contributed by atoms with Crippen LogP contribution in [0.5, 0.6) is 0 Å². The monoisotopic (exact) mass is 238 g/mol. The largest absolute Gasteiger partial charge is 0.316 e. The molecular formula is C15H30N2. The average molecular weight is 238 g/mol. The van der Waals surface area contributed by atoms with Crippen molar-refractivity contribution in [3.63, 3.8) is 0 Å². The van der Waals surface area contributed by atoms with Crippen LogP contribution in [0.25, 0.3) is 0 Å². The molecule has 2 rings (SSSR count). The molecule has 1 heterocycles. The van der Waals surface area contributed by atoms with Crippen LogP contribution in [0.4, 0.5) is 0 Å². The first-order valence-corrected chi connectivity index (χ1v) is 7.42.